The molecule has 0 radical (unpaired) electrons. The average molecular weight is 274 g/mol. The van der Waals surface area contributed by atoms with Gasteiger partial charge in [0.05, 0.1) is 12.7 Å². The highest BCUT2D eigenvalue weighted by atomic mass is 19.3. The smallest absolute Gasteiger partial charge is 0.271 e. The Kier molecular flexibility index (Phi) is 5.16. The number of rotatable bonds is 7. The van der Waals surface area contributed by atoms with Crippen molar-refractivity contribution >= 4 is 0 Å². The fourth-order valence-electron chi connectivity index (χ4n) is 1.86. The van der Waals surface area contributed by atoms with Crippen LogP contribution in [-0.4, -0.2) is 18.6 Å². The second kappa shape index (κ2) is 5.90. The van der Waals surface area contributed by atoms with Gasteiger partial charge in [-0.25, -0.2) is 8.78 Å². The van der Waals surface area contributed by atoms with Crippen LogP contribution in [0.5, 0.6) is 0 Å². The predicted octanol–water partition coefficient (Wildman–Crippen LogP) is 5.21. The minimum Gasteiger partial charge on any atom is -0.378 e. The van der Waals surface area contributed by atoms with E-state index in [9.17, 15) is 8.78 Å². The summed E-state index contributed by atoms with van der Waals surface area (Å²) < 4.78 is 33.1. The van der Waals surface area contributed by atoms with Crippen LogP contribution in [0.25, 0.3) is 0 Å². The van der Waals surface area contributed by atoms with Crippen LogP contribution in [0.15, 0.2) is 12.2 Å². The highest BCUT2D eigenvalue weighted by Gasteiger charge is 2.43. The van der Waals surface area contributed by atoms with Gasteiger partial charge < -0.3 is 4.74 Å². The molecule has 1 aliphatic rings. The maximum absolute atomic E-state index is 13.7. The number of alkyl halides is 2. The summed E-state index contributed by atoms with van der Waals surface area (Å²) >= 11 is 0. The van der Waals surface area contributed by atoms with Gasteiger partial charge in [-0.05, 0) is 51.0 Å². The van der Waals surface area contributed by atoms with Gasteiger partial charge in [-0.2, -0.15) is 0 Å². The van der Waals surface area contributed by atoms with E-state index in [0.29, 0.717) is 6.42 Å². The molecule has 0 saturated heterocycles. The Labute approximate surface area is 116 Å². The molecule has 0 N–H and O–H groups in total. The molecule has 0 aliphatic heterocycles. The SMILES string of the molecule is CC(C)OCC1(CCC=CC(F)(F)C(C)(C)C)CC1. The van der Waals surface area contributed by atoms with E-state index in [2.05, 4.69) is 0 Å². The number of ether oxygens (including phenoxy) is 1. The van der Waals surface area contributed by atoms with Crippen molar-refractivity contribution in [1.29, 1.82) is 0 Å². The van der Waals surface area contributed by atoms with Crippen LogP contribution < -0.4 is 0 Å². The zero-order valence-electron chi connectivity index (χ0n) is 12.9. The van der Waals surface area contributed by atoms with Gasteiger partial charge in [-0.15, -0.1) is 0 Å². The first-order chi connectivity index (χ1) is 8.58. The molecule has 1 aliphatic carbocycles. The van der Waals surface area contributed by atoms with E-state index in [0.717, 1.165) is 19.1 Å². The molecular formula is C16H28F2O. The Hall–Kier alpha value is -0.440. The molecule has 19 heavy (non-hydrogen) atoms. The second-order valence-corrected chi connectivity index (χ2v) is 7.17. The van der Waals surface area contributed by atoms with Crippen LogP contribution in [-0.2, 0) is 4.74 Å². The third-order valence-electron chi connectivity index (χ3n) is 3.85. The van der Waals surface area contributed by atoms with E-state index in [1.54, 1.807) is 26.8 Å². The fourth-order valence-corrected chi connectivity index (χ4v) is 1.86. The number of halogens is 2. The van der Waals surface area contributed by atoms with E-state index < -0.39 is 11.3 Å². The fraction of sp³-hybridized carbons (Fsp3) is 0.875. The molecule has 1 rings (SSSR count). The molecule has 0 amide bonds. The quantitative estimate of drug-likeness (QED) is 0.579. The number of allylic oxidation sites excluding steroid dienone is 2. The van der Waals surface area contributed by atoms with E-state index in [-0.39, 0.29) is 11.5 Å². The molecule has 0 bridgehead atoms. The Balaban J connectivity index is 2.34. The number of hydrogen-bond acceptors (Lipinski definition) is 1. The van der Waals surface area contributed by atoms with Crippen LogP contribution in [0, 0.1) is 10.8 Å². The number of hydrogen-bond donors (Lipinski definition) is 0. The van der Waals surface area contributed by atoms with Gasteiger partial charge in [-0.3, -0.25) is 0 Å². The molecule has 0 aromatic rings. The summed E-state index contributed by atoms with van der Waals surface area (Å²) in [4.78, 5) is 0. The molecule has 1 nitrogen and oxygen atoms in total. The molecule has 3 heteroatoms. The summed E-state index contributed by atoms with van der Waals surface area (Å²) in [6.07, 6.45) is 6.97. The third kappa shape index (κ3) is 5.21. The van der Waals surface area contributed by atoms with E-state index in [1.165, 1.54) is 12.8 Å². The van der Waals surface area contributed by atoms with Crippen molar-refractivity contribution in [1.82, 2.24) is 0 Å². The van der Waals surface area contributed by atoms with Crippen molar-refractivity contribution in [2.75, 3.05) is 6.61 Å². The molecule has 0 heterocycles. The van der Waals surface area contributed by atoms with Crippen molar-refractivity contribution in [3.05, 3.63) is 12.2 Å². The molecule has 1 fully saturated rings. The van der Waals surface area contributed by atoms with E-state index in [4.69, 9.17) is 4.74 Å². The lowest BCUT2D eigenvalue weighted by Gasteiger charge is -2.27. The van der Waals surface area contributed by atoms with Gasteiger partial charge in [0.2, 0.25) is 0 Å². The Morgan fingerprint density at radius 1 is 1.21 bits per heavy atom. The first-order valence-corrected chi connectivity index (χ1v) is 7.25. The van der Waals surface area contributed by atoms with Crippen molar-refractivity contribution in [2.24, 2.45) is 10.8 Å². The van der Waals surface area contributed by atoms with Crippen molar-refractivity contribution in [3.8, 4) is 0 Å². The Morgan fingerprint density at radius 3 is 2.21 bits per heavy atom. The van der Waals surface area contributed by atoms with Gasteiger partial charge in [0.1, 0.15) is 0 Å². The molecule has 1 saturated carbocycles. The van der Waals surface area contributed by atoms with E-state index >= 15 is 0 Å². The summed E-state index contributed by atoms with van der Waals surface area (Å²) in [5.74, 6) is -2.74. The standard InChI is InChI=1S/C16H28F2O/c1-13(2)19-12-15(10-11-15)8-6-7-9-16(17,18)14(3,4)5/h7,9,13H,6,8,10-12H2,1-5H3. The first-order valence-electron chi connectivity index (χ1n) is 7.25. The molecule has 0 spiro atoms. The minimum atomic E-state index is -2.74. The normalized spacial score (nSPS) is 19.4. The third-order valence-corrected chi connectivity index (χ3v) is 3.85. The van der Waals surface area contributed by atoms with Crippen LogP contribution in [0.2, 0.25) is 0 Å². The molecule has 0 aromatic heterocycles. The lowest BCUT2D eigenvalue weighted by Crippen LogP contribution is -2.31. The molecule has 112 valence electrons. The topological polar surface area (TPSA) is 9.23 Å². The van der Waals surface area contributed by atoms with Crippen LogP contribution in [0.4, 0.5) is 8.78 Å². The first kappa shape index (κ1) is 16.6. The maximum Gasteiger partial charge on any atom is 0.271 e. The summed E-state index contributed by atoms with van der Waals surface area (Å²) in [5.41, 5.74) is -0.743. The zero-order chi connectivity index (χ0) is 14.7. The average Bonchev–Trinajstić information content (AvgIpc) is 3.01. The van der Waals surface area contributed by atoms with Gasteiger partial charge >= 0.3 is 0 Å². The van der Waals surface area contributed by atoms with E-state index in [1.807, 2.05) is 13.8 Å². The van der Waals surface area contributed by atoms with Gasteiger partial charge in [-0.1, -0.05) is 26.8 Å². The summed E-state index contributed by atoms with van der Waals surface area (Å²) in [5, 5.41) is 0. The summed E-state index contributed by atoms with van der Waals surface area (Å²) in [7, 11) is 0. The highest BCUT2D eigenvalue weighted by Crippen LogP contribution is 2.50. The van der Waals surface area contributed by atoms with Crippen molar-refractivity contribution < 1.29 is 13.5 Å². The van der Waals surface area contributed by atoms with Crippen molar-refractivity contribution in [3.63, 3.8) is 0 Å². The molecule has 0 aromatic carbocycles. The van der Waals surface area contributed by atoms with Gasteiger partial charge in [0.25, 0.3) is 5.92 Å². The highest BCUT2D eigenvalue weighted by molar-refractivity contribution is 5.03. The molecule has 0 unspecified atom stereocenters. The van der Waals surface area contributed by atoms with Crippen molar-refractivity contribution in [2.45, 2.75) is 72.3 Å². The maximum atomic E-state index is 13.7. The van der Waals surface area contributed by atoms with Crippen LogP contribution in [0.3, 0.4) is 0 Å². The molecule has 0 atom stereocenters. The minimum absolute atomic E-state index is 0.248. The van der Waals surface area contributed by atoms with Gasteiger partial charge in [0.15, 0.2) is 0 Å². The largest absolute Gasteiger partial charge is 0.378 e. The molecular weight excluding hydrogens is 246 g/mol. The summed E-state index contributed by atoms with van der Waals surface area (Å²) in [6.45, 7) is 9.52. The lowest BCUT2D eigenvalue weighted by atomic mass is 9.87. The second-order valence-electron chi connectivity index (χ2n) is 7.17. The Morgan fingerprint density at radius 2 is 1.79 bits per heavy atom. The van der Waals surface area contributed by atoms with Gasteiger partial charge in [0, 0.05) is 5.41 Å². The predicted molar refractivity (Wildman–Crippen MR) is 75.5 cm³/mol. The monoisotopic (exact) mass is 274 g/mol. The zero-order valence-corrected chi connectivity index (χ0v) is 12.9. The Bertz CT molecular complexity index is 309. The lowest BCUT2D eigenvalue weighted by molar-refractivity contribution is -0.0502. The summed E-state index contributed by atoms with van der Waals surface area (Å²) in [6, 6.07) is 0. The van der Waals surface area contributed by atoms with Crippen LogP contribution in [0.1, 0.15) is 60.3 Å². The van der Waals surface area contributed by atoms with Crippen LogP contribution >= 0.6 is 0 Å².